The SMILES string of the molecule is CCCCCCCCCCCCCCCCCCCCCCCCCC(=O)NC(COP(=O)([O-])OCC[N+](C)(C)C)C(O)CCCCCCCCCCCC. The summed E-state index contributed by atoms with van der Waals surface area (Å²) in [6.07, 6.45) is 42.6. The van der Waals surface area contributed by atoms with Crippen molar-refractivity contribution < 1.29 is 32.9 Å². The lowest BCUT2D eigenvalue weighted by Gasteiger charge is -2.30. The summed E-state index contributed by atoms with van der Waals surface area (Å²) < 4.78 is 23.2. The number of aliphatic hydroxyl groups excluding tert-OH is 1. The molecule has 0 aromatic heterocycles. The van der Waals surface area contributed by atoms with E-state index in [4.69, 9.17) is 9.05 Å². The van der Waals surface area contributed by atoms with Gasteiger partial charge in [0.1, 0.15) is 13.2 Å². The number of hydrogen-bond acceptors (Lipinski definition) is 6. The van der Waals surface area contributed by atoms with Crippen LogP contribution >= 0.6 is 7.82 Å². The average Bonchev–Trinajstić information content (AvgIpc) is 3.13. The molecule has 0 aliphatic rings. The molecule has 0 aromatic carbocycles. The second-order valence-electron chi connectivity index (χ2n) is 17.8. The van der Waals surface area contributed by atoms with Crippen molar-refractivity contribution in [2.45, 2.75) is 251 Å². The summed E-state index contributed by atoms with van der Waals surface area (Å²) in [5, 5.41) is 13.9. The van der Waals surface area contributed by atoms with Crippen LogP contribution in [0.25, 0.3) is 0 Å². The van der Waals surface area contributed by atoms with Crippen LogP contribution in [-0.4, -0.2) is 68.5 Å². The van der Waals surface area contributed by atoms with E-state index in [2.05, 4.69) is 19.2 Å². The standard InChI is InChI=1S/C46H95N2O6P/c1-6-8-10-12-14-16-18-19-20-21-22-23-24-25-26-27-28-29-30-32-34-36-38-40-46(50)47-44(43-54-55(51,52)53-42-41-48(3,4)5)45(49)39-37-35-33-31-17-15-13-11-9-7-2/h44-45,49H,6-43H2,1-5H3,(H-,47,50,51,52). The van der Waals surface area contributed by atoms with Crippen molar-refractivity contribution in [2.75, 3.05) is 40.9 Å². The van der Waals surface area contributed by atoms with Crippen LogP contribution in [0.2, 0.25) is 0 Å². The highest BCUT2D eigenvalue weighted by molar-refractivity contribution is 7.45. The van der Waals surface area contributed by atoms with Crippen molar-refractivity contribution in [3.05, 3.63) is 0 Å². The van der Waals surface area contributed by atoms with Crippen LogP contribution in [0.3, 0.4) is 0 Å². The summed E-state index contributed by atoms with van der Waals surface area (Å²) in [4.78, 5) is 25.3. The van der Waals surface area contributed by atoms with Gasteiger partial charge < -0.3 is 28.8 Å². The Hall–Kier alpha value is -0.500. The van der Waals surface area contributed by atoms with E-state index in [-0.39, 0.29) is 19.1 Å². The smallest absolute Gasteiger partial charge is 0.268 e. The van der Waals surface area contributed by atoms with Crippen LogP contribution < -0.4 is 10.2 Å². The number of phosphoric ester groups is 1. The first kappa shape index (κ1) is 54.5. The second kappa shape index (κ2) is 39.0. The van der Waals surface area contributed by atoms with E-state index in [1.165, 1.54) is 173 Å². The summed E-state index contributed by atoms with van der Waals surface area (Å²) in [6.45, 7) is 4.73. The Morgan fingerprint density at radius 1 is 0.564 bits per heavy atom. The molecule has 0 aromatic rings. The average molecular weight is 803 g/mol. The predicted molar refractivity (Wildman–Crippen MR) is 233 cm³/mol. The Morgan fingerprint density at radius 3 is 1.24 bits per heavy atom. The van der Waals surface area contributed by atoms with Gasteiger partial charge in [-0.3, -0.25) is 9.36 Å². The Morgan fingerprint density at radius 2 is 0.891 bits per heavy atom. The summed E-state index contributed by atoms with van der Waals surface area (Å²) in [7, 11) is 1.32. The van der Waals surface area contributed by atoms with Crippen molar-refractivity contribution in [3.8, 4) is 0 Å². The summed E-state index contributed by atoms with van der Waals surface area (Å²) >= 11 is 0. The number of nitrogens with zero attached hydrogens (tertiary/aromatic N) is 1. The molecule has 3 atom stereocenters. The molecule has 0 heterocycles. The number of hydrogen-bond donors (Lipinski definition) is 2. The van der Waals surface area contributed by atoms with Crippen LogP contribution in [0.5, 0.6) is 0 Å². The van der Waals surface area contributed by atoms with E-state index < -0.39 is 20.0 Å². The Labute approximate surface area is 342 Å². The second-order valence-corrected chi connectivity index (χ2v) is 19.2. The number of rotatable bonds is 44. The van der Waals surface area contributed by atoms with Gasteiger partial charge in [0.15, 0.2) is 0 Å². The zero-order chi connectivity index (χ0) is 40.7. The number of unbranched alkanes of at least 4 members (excludes halogenated alkanes) is 31. The Bertz CT molecular complexity index is 870. The number of nitrogens with one attached hydrogen (secondary N) is 1. The maximum atomic E-state index is 12.9. The number of carbonyl (C=O) groups excluding carboxylic acids is 1. The molecule has 9 heteroatoms. The van der Waals surface area contributed by atoms with Crippen LogP contribution in [0.15, 0.2) is 0 Å². The third kappa shape index (κ3) is 41.5. The molecule has 0 spiro atoms. The molecular weight excluding hydrogens is 707 g/mol. The molecule has 0 radical (unpaired) electrons. The van der Waals surface area contributed by atoms with Crippen molar-refractivity contribution in [3.63, 3.8) is 0 Å². The first-order valence-electron chi connectivity index (χ1n) is 23.9. The summed E-state index contributed by atoms with van der Waals surface area (Å²) in [5.41, 5.74) is 0. The zero-order valence-corrected chi connectivity index (χ0v) is 38.3. The molecule has 0 saturated carbocycles. The number of carbonyl (C=O) groups is 1. The number of likely N-dealkylation sites (N-methyl/N-ethyl adjacent to an activating group) is 1. The van der Waals surface area contributed by atoms with E-state index in [0.29, 0.717) is 23.9 Å². The van der Waals surface area contributed by atoms with E-state index in [9.17, 15) is 19.4 Å². The molecule has 55 heavy (non-hydrogen) atoms. The summed E-state index contributed by atoms with van der Waals surface area (Å²) in [6, 6.07) is -0.792. The quantitative estimate of drug-likeness (QED) is 0.0361. The highest BCUT2D eigenvalue weighted by Gasteiger charge is 2.24. The van der Waals surface area contributed by atoms with Gasteiger partial charge >= 0.3 is 0 Å². The molecule has 0 bridgehead atoms. The molecule has 8 nitrogen and oxygen atoms in total. The lowest BCUT2D eigenvalue weighted by Crippen LogP contribution is -2.46. The maximum Gasteiger partial charge on any atom is 0.268 e. The number of aliphatic hydroxyl groups is 1. The van der Waals surface area contributed by atoms with Crippen molar-refractivity contribution in [1.82, 2.24) is 5.32 Å². The van der Waals surface area contributed by atoms with Crippen LogP contribution in [-0.2, 0) is 18.4 Å². The van der Waals surface area contributed by atoms with Gasteiger partial charge in [0, 0.05) is 6.42 Å². The predicted octanol–water partition coefficient (Wildman–Crippen LogP) is 12.7. The Kier molecular flexibility index (Phi) is 38.6. The van der Waals surface area contributed by atoms with Crippen molar-refractivity contribution >= 4 is 13.7 Å². The van der Waals surface area contributed by atoms with Gasteiger partial charge in [-0.2, -0.15) is 0 Å². The van der Waals surface area contributed by atoms with E-state index >= 15 is 0 Å². The number of amides is 1. The third-order valence-electron chi connectivity index (χ3n) is 11.1. The van der Waals surface area contributed by atoms with E-state index in [1.807, 2.05) is 21.1 Å². The molecule has 330 valence electrons. The third-order valence-corrected chi connectivity index (χ3v) is 12.1. The van der Waals surface area contributed by atoms with Gasteiger partial charge in [0.05, 0.1) is 39.9 Å². The first-order valence-corrected chi connectivity index (χ1v) is 25.3. The monoisotopic (exact) mass is 803 g/mol. The van der Waals surface area contributed by atoms with E-state index in [0.717, 1.165) is 38.5 Å². The van der Waals surface area contributed by atoms with Crippen LogP contribution in [0.4, 0.5) is 0 Å². The van der Waals surface area contributed by atoms with Gasteiger partial charge in [0.2, 0.25) is 5.91 Å². The highest BCUT2D eigenvalue weighted by Crippen LogP contribution is 2.38. The van der Waals surface area contributed by atoms with Crippen molar-refractivity contribution in [2.24, 2.45) is 0 Å². The van der Waals surface area contributed by atoms with Gasteiger partial charge in [-0.05, 0) is 12.8 Å². The van der Waals surface area contributed by atoms with Gasteiger partial charge in [-0.15, -0.1) is 0 Å². The summed E-state index contributed by atoms with van der Waals surface area (Å²) in [5.74, 6) is -0.161. The molecule has 0 aliphatic heterocycles. The van der Waals surface area contributed by atoms with Gasteiger partial charge in [-0.1, -0.05) is 219 Å². The fraction of sp³-hybridized carbons (Fsp3) is 0.978. The highest BCUT2D eigenvalue weighted by atomic mass is 31.2. The number of quaternary nitrogens is 1. The Balaban J connectivity index is 4.11. The lowest BCUT2D eigenvalue weighted by molar-refractivity contribution is -0.870. The largest absolute Gasteiger partial charge is 0.756 e. The van der Waals surface area contributed by atoms with Crippen molar-refractivity contribution in [1.29, 1.82) is 0 Å². The fourth-order valence-electron chi connectivity index (χ4n) is 7.28. The molecule has 0 rings (SSSR count). The molecule has 0 saturated heterocycles. The fourth-order valence-corrected chi connectivity index (χ4v) is 8.00. The molecular formula is C46H95N2O6P. The lowest BCUT2D eigenvalue weighted by atomic mass is 10.0. The molecule has 1 amide bonds. The molecule has 0 fully saturated rings. The van der Waals surface area contributed by atoms with E-state index in [1.54, 1.807) is 0 Å². The minimum Gasteiger partial charge on any atom is -0.756 e. The normalized spacial score (nSPS) is 14.2. The number of phosphoric acid groups is 1. The molecule has 0 aliphatic carbocycles. The zero-order valence-electron chi connectivity index (χ0n) is 37.4. The van der Waals surface area contributed by atoms with Crippen LogP contribution in [0.1, 0.15) is 239 Å². The maximum absolute atomic E-state index is 12.9. The minimum atomic E-state index is -4.55. The first-order chi connectivity index (χ1) is 26.5. The van der Waals surface area contributed by atoms with Crippen LogP contribution in [0, 0.1) is 0 Å². The minimum absolute atomic E-state index is 0.0159. The van der Waals surface area contributed by atoms with Gasteiger partial charge in [-0.25, -0.2) is 0 Å². The molecule has 2 N–H and O–H groups in total. The van der Waals surface area contributed by atoms with Gasteiger partial charge in [0.25, 0.3) is 7.82 Å². The topological polar surface area (TPSA) is 108 Å². The molecule has 3 unspecified atom stereocenters.